The molecule has 2 aromatic carbocycles. The van der Waals surface area contributed by atoms with E-state index >= 15 is 0 Å². The highest BCUT2D eigenvalue weighted by molar-refractivity contribution is 8.05. The number of rotatable bonds is 11. The molecule has 1 aliphatic heterocycles. The van der Waals surface area contributed by atoms with Gasteiger partial charge in [0.1, 0.15) is 12.1 Å². The molecule has 11 nitrogen and oxygen atoms in total. The second-order valence-electron chi connectivity index (χ2n) is 9.22. The summed E-state index contributed by atoms with van der Waals surface area (Å²) in [5.41, 5.74) is 5.78. The molecule has 3 rings (SSSR count). The maximum atomic E-state index is 13.4. The first kappa shape index (κ1) is 29.6. The van der Waals surface area contributed by atoms with Crippen LogP contribution >= 0.6 is 19.4 Å². The van der Waals surface area contributed by atoms with Gasteiger partial charge in [-0.1, -0.05) is 42.5 Å². The van der Waals surface area contributed by atoms with E-state index in [2.05, 4.69) is 10.6 Å². The standard InChI is InChI=1S/C25H33N4O7PS/c1-27-22(30)14-21(38-15-37(34,35)36)25(33)29-11-5-4-8-20(29)24(32)28-19(23(26)31)13-16-9-10-17-6-2-3-7-18(17)12-16/h2-3,6-7,9-10,12,19-21H,4-5,8,11,13-15H2,1H3,(H2,26,31)(H,27,30)(H,28,32)(H2,34,35,36). The molecule has 0 radical (unpaired) electrons. The van der Waals surface area contributed by atoms with Gasteiger partial charge in [0.25, 0.3) is 0 Å². The molecule has 13 heteroatoms. The minimum atomic E-state index is -4.43. The molecule has 0 saturated carbocycles. The molecule has 0 spiro atoms. The van der Waals surface area contributed by atoms with Crippen molar-refractivity contribution in [3.05, 3.63) is 48.0 Å². The van der Waals surface area contributed by atoms with Crippen molar-refractivity contribution in [2.75, 3.05) is 19.1 Å². The third-order valence-electron chi connectivity index (χ3n) is 6.37. The zero-order chi connectivity index (χ0) is 27.9. The zero-order valence-corrected chi connectivity index (χ0v) is 22.7. The van der Waals surface area contributed by atoms with Crippen molar-refractivity contribution in [1.82, 2.24) is 15.5 Å². The first-order chi connectivity index (χ1) is 18.0. The fourth-order valence-electron chi connectivity index (χ4n) is 4.42. The first-order valence-electron chi connectivity index (χ1n) is 12.2. The Hall–Kier alpha value is -2.92. The van der Waals surface area contributed by atoms with Gasteiger partial charge < -0.3 is 31.1 Å². The van der Waals surface area contributed by atoms with Crippen molar-refractivity contribution in [1.29, 1.82) is 0 Å². The lowest BCUT2D eigenvalue weighted by Crippen LogP contribution is -2.57. The molecule has 1 fully saturated rings. The highest BCUT2D eigenvalue weighted by Crippen LogP contribution is 2.41. The monoisotopic (exact) mass is 564 g/mol. The predicted molar refractivity (Wildman–Crippen MR) is 145 cm³/mol. The topological polar surface area (TPSA) is 179 Å². The molecule has 38 heavy (non-hydrogen) atoms. The van der Waals surface area contributed by atoms with E-state index in [1.54, 1.807) is 0 Å². The quantitative estimate of drug-likeness (QED) is 0.252. The van der Waals surface area contributed by atoms with E-state index in [4.69, 9.17) is 5.73 Å². The number of amides is 4. The van der Waals surface area contributed by atoms with Crippen molar-refractivity contribution < 1.29 is 33.5 Å². The molecule has 206 valence electrons. The van der Waals surface area contributed by atoms with Crippen LogP contribution < -0.4 is 16.4 Å². The van der Waals surface area contributed by atoms with Crippen LogP contribution in [-0.4, -0.2) is 74.7 Å². The molecule has 4 amide bonds. The Kier molecular flexibility index (Phi) is 10.3. The van der Waals surface area contributed by atoms with Gasteiger partial charge in [-0.2, -0.15) is 0 Å². The van der Waals surface area contributed by atoms with Crippen LogP contribution in [0.15, 0.2) is 42.5 Å². The molecule has 1 aliphatic rings. The Bertz CT molecular complexity index is 1240. The summed E-state index contributed by atoms with van der Waals surface area (Å²) in [7, 11) is -3.04. The molecule has 0 aromatic heterocycles. The van der Waals surface area contributed by atoms with E-state index in [9.17, 15) is 33.5 Å². The number of piperidine rings is 1. The van der Waals surface area contributed by atoms with Crippen LogP contribution in [0.1, 0.15) is 31.2 Å². The third kappa shape index (κ3) is 8.29. The Balaban J connectivity index is 1.75. The van der Waals surface area contributed by atoms with Gasteiger partial charge in [-0.3, -0.25) is 23.7 Å². The van der Waals surface area contributed by atoms with Gasteiger partial charge in [0.15, 0.2) is 0 Å². The number of hydrogen-bond donors (Lipinski definition) is 5. The second-order valence-corrected chi connectivity index (χ2v) is 12.5. The van der Waals surface area contributed by atoms with E-state index < -0.39 is 54.1 Å². The smallest absolute Gasteiger partial charge is 0.335 e. The summed E-state index contributed by atoms with van der Waals surface area (Å²) < 4.78 is 11.4. The highest BCUT2D eigenvalue weighted by atomic mass is 32.2. The number of nitrogens with one attached hydrogen (secondary N) is 2. The van der Waals surface area contributed by atoms with Crippen LogP contribution in [0.25, 0.3) is 10.8 Å². The summed E-state index contributed by atoms with van der Waals surface area (Å²) in [6.45, 7) is 0.240. The summed E-state index contributed by atoms with van der Waals surface area (Å²) in [5, 5.41) is 6.05. The minimum Gasteiger partial charge on any atom is -0.368 e. The number of thioether (sulfide) groups is 1. The molecule has 6 N–H and O–H groups in total. The van der Waals surface area contributed by atoms with Gasteiger partial charge in [0.05, 0.1) is 10.7 Å². The Morgan fingerprint density at radius 1 is 1.13 bits per heavy atom. The molecular weight excluding hydrogens is 531 g/mol. The van der Waals surface area contributed by atoms with Crippen molar-refractivity contribution in [3.8, 4) is 0 Å². The normalized spacial score (nSPS) is 17.4. The lowest BCUT2D eigenvalue weighted by atomic mass is 9.98. The maximum Gasteiger partial charge on any atom is 0.335 e. The summed E-state index contributed by atoms with van der Waals surface area (Å²) >= 11 is 0.688. The number of benzene rings is 2. The number of primary amides is 1. The van der Waals surface area contributed by atoms with Crippen LogP contribution in [0.2, 0.25) is 0 Å². The zero-order valence-electron chi connectivity index (χ0n) is 21.0. The molecule has 2 aromatic rings. The second kappa shape index (κ2) is 13.2. The SMILES string of the molecule is CNC(=O)CC(SCP(=O)(O)O)C(=O)N1CCCCC1C(=O)NC(Cc1ccc2ccccc2c1)C(N)=O. The fraction of sp³-hybridized carbons (Fsp3) is 0.440. The van der Waals surface area contributed by atoms with Gasteiger partial charge in [0, 0.05) is 26.4 Å². The number of hydrogen-bond acceptors (Lipinski definition) is 6. The number of likely N-dealkylation sites (tertiary alicyclic amines) is 1. The maximum absolute atomic E-state index is 13.4. The fourth-order valence-corrected chi connectivity index (χ4v) is 6.46. The lowest BCUT2D eigenvalue weighted by molar-refractivity contribution is -0.143. The van der Waals surface area contributed by atoms with Crippen molar-refractivity contribution >= 4 is 53.8 Å². The Morgan fingerprint density at radius 3 is 2.50 bits per heavy atom. The van der Waals surface area contributed by atoms with Crippen LogP contribution in [0.3, 0.4) is 0 Å². The molecule has 1 heterocycles. The molecule has 3 atom stereocenters. The van der Waals surface area contributed by atoms with Crippen LogP contribution in [-0.2, 0) is 30.2 Å². The largest absolute Gasteiger partial charge is 0.368 e. The highest BCUT2D eigenvalue weighted by Gasteiger charge is 2.38. The molecule has 1 saturated heterocycles. The summed E-state index contributed by atoms with van der Waals surface area (Å²) in [6.07, 6.45) is 1.51. The van der Waals surface area contributed by atoms with E-state index in [0.29, 0.717) is 31.0 Å². The lowest BCUT2D eigenvalue weighted by Gasteiger charge is -2.37. The van der Waals surface area contributed by atoms with Gasteiger partial charge in [0.2, 0.25) is 23.6 Å². The number of carbonyl (C=O) groups is 4. The molecule has 0 bridgehead atoms. The van der Waals surface area contributed by atoms with Crippen LogP contribution in [0.5, 0.6) is 0 Å². The number of nitrogens with zero attached hydrogens (tertiary/aromatic N) is 1. The molecule has 0 aliphatic carbocycles. The van der Waals surface area contributed by atoms with Crippen molar-refractivity contribution in [2.24, 2.45) is 5.73 Å². The van der Waals surface area contributed by atoms with Gasteiger partial charge >= 0.3 is 7.60 Å². The van der Waals surface area contributed by atoms with E-state index in [-0.39, 0.29) is 19.4 Å². The number of fused-ring (bicyclic) bond motifs is 1. The average molecular weight is 565 g/mol. The Morgan fingerprint density at radius 2 is 1.84 bits per heavy atom. The number of carbonyl (C=O) groups excluding carboxylic acids is 4. The van der Waals surface area contributed by atoms with Gasteiger partial charge in [-0.05, 0) is 35.6 Å². The summed E-state index contributed by atoms with van der Waals surface area (Å²) in [6, 6.07) is 11.6. The van der Waals surface area contributed by atoms with Crippen LogP contribution in [0.4, 0.5) is 0 Å². The van der Waals surface area contributed by atoms with Gasteiger partial charge in [-0.15, -0.1) is 11.8 Å². The molecule has 3 unspecified atom stereocenters. The minimum absolute atomic E-state index is 0.171. The Labute approximate surface area is 225 Å². The summed E-state index contributed by atoms with van der Waals surface area (Å²) in [4.78, 5) is 70.9. The number of nitrogens with two attached hydrogens (primary N) is 1. The first-order valence-corrected chi connectivity index (χ1v) is 15.1. The van der Waals surface area contributed by atoms with Crippen molar-refractivity contribution in [3.63, 3.8) is 0 Å². The van der Waals surface area contributed by atoms with Gasteiger partial charge in [-0.25, -0.2) is 0 Å². The van der Waals surface area contributed by atoms with E-state index in [0.717, 1.165) is 16.3 Å². The van der Waals surface area contributed by atoms with E-state index in [1.165, 1.54) is 11.9 Å². The van der Waals surface area contributed by atoms with Crippen molar-refractivity contribution in [2.45, 2.75) is 49.4 Å². The van der Waals surface area contributed by atoms with Crippen LogP contribution in [0, 0.1) is 0 Å². The van der Waals surface area contributed by atoms with E-state index in [1.807, 2.05) is 42.5 Å². The predicted octanol–water partition coefficient (Wildman–Crippen LogP) is 1.11. The summed E-state index contributed by atoms with van der Waals surface area (Å²) in [5.74, 6) is -2.28. The average Bonchev–Trinajstić information content (AvgIpc) is 2.89. The molecular formula is C25H33N4O7PS. The third-order valence-corrected chi connectivity index (χ3v) is 9.08.